The third-order valence-electron chi connectivity index (χ3n) is 4.59. The van der Waals surface area contributed by atoms with Crippen LogP contribution in [-0.2, 0) is 17.8 Å². The van der Waals surface area contributed by atoms with Crippen molar-refractivity contribution in [2.24, 2.45) is 5.10 Å². The average Bonchev–Trinajstić information content (AvgIpc) is 2.80. The summed E-state index contributed by atoms with van der Waals surface area (Å²) >= 11 is 12.1. The molecule has 0 fully saturated rings. The van der Waals surface area contributed by atoms with E-state index in [-0.39, 0.29) is 18.9 Å². The van der Waals surface area contributed by atoms with Crippen molar-refractivity contribution in [2.75, 3.05) is 13.7 Å². The van der Waals surface area contributed by atoms with Crippen LogP contribution in [0, 0.1) is 0 Å². The third-order valence-corrected chi connectivity index (χ3v) is 5.17. The Hall–Kier alpha value is -3.22. The van der Waals surface area contributed by atoms with E-state index in [1.54, 1.807) is 37.6 Å². The zero-order valence-corrected chi connectivity index (χ0v) is 19.8. The average molecular weight is 487 g/mol. The van der Waals surface area contributed by atoms with E-state index < -0.39 is 0 Å². The van der Waals surface area contributed by atoms with Crippen LogP contribution in [0.3, 0.4) is 0 Å². The predicted molar refractivity (Wildman–Crippen MR) is 131 cm³/mol. The second-order valence-electron chi connectivity index (χ2n) is 6.98. The molecule has 0 heterocycles. The fourth-order valence-electron chi connectivity index (χ4n) is 2.95. The topological polar surface area (TPSA) is 69.2 Å². The molecule has 172 valence electrons. The molecule has 1 N–H and O–H groups in total. The van der Waals surface area contributed by atoms with Gasteiger partial charge in [0.05, 0.1) is 26.4 Å². The van der Waals surface area contributed by atoms with E-state index in [2.05, 4.69) is 10.5 Å². The predicted octanol–water partition coefficient (Wildman–Crippen LogP) is 5.67. The summed E-state index contributed by atoms with van der Waals surface area (Å²) in [6.45, 7) is 2.79. The highest BCUT2D eigenvalue weighted by atomic mass is 35.5. The summed E-state index contributed by atoms with van der Waals surface area (Å²) in [5, 5.41) is 5.13. The molecule has 0 unspecified atom stereocenters. The number of nitrogens with zero attached hydrogens (tertiary/aromatic N) is 1. The molecule has 33 heavy (non-hydrogen) atoms. The molecule has 0 radical (unpaired) electrons. The molecule has 1 amide bonds. The number of halogens is 2. The summed E-state index contributed by atoms with van der Waals surface area (Å²) < 4.78 is 16.7. The molecule has 0 atom stereocenters. The van der Waals surface area contributed by atoms with E-state index in [4.69, 9.17) is 37.4 Å². The lowest BCUT2D eigenvalue weighted by Gasteiger charge is -2.12. The van der Waals surface area contributed by atoms with Crippen molar-refractivity contribution in [3.05, 3.63) is 87.4 Å². The Kier molecular flexibility index (Phi) is 8.98. The maximum Gasteiger partial charge on any atom is 0.244 e. The standard InChI is InChI=1S/C25H24Cl2N2O4/c1-3-32-21-9-4-17(5-10-21)13-25(30)29-28-15-18-6-11-23(24(12-18)31-2)33-16-19-7-8-20(26)14-22(19)27/h4-12,14-15H,3,13,16H2,1-2H3,(H,29,30)/b28-15+. The Bertz CT molecular complexity index is 1120. The molecular weight excluding hydrogens is 463 g/mol. The van der Waals surface area contributed by atoms with E-state index in [1.165, 1.54) is 0 Å². The van der Waals surface area contributed by atoms with Crippen molar-refractivity contribution in [1.82, 2.24) is 5.43 Å². The van der Waals surface area contributed by atoms with Gasteiger partial charge in [0.25, 0.3) is 0 Å². The molecule has 0 aliphatic carbocycles. The second-order valence-corrected chi connectivity index (χ2v) is 7.83. The first-order valence-electron chi connectivity index (χ1n) is 10.3. The summed E-state index contributed by atoms with van der Waals surface area (Å²) in [5.74, 6) is 1.64. The Morgan fingerprint density at radius 2 is 1.79 bits per heavy atom. The van der Waals surface area contributed by atoms with Gasteiger partial charge < -0.3 is 14.2 Å². The number of hydrazone groups is 1. The van der Waals surface area contributed by atoms with E-state index in [0.29, 0.717) is 28.2 Å². The highest BCUT2D eigenvalue weighted by molar-refractivity contribution is 6.35. The Morgan fingerprint density at radius 3 is 2.48 bits per heavy atom. The molecule has 6 nitrogen and oxygen atoms in total. The molecule has 0 aliphatic heterocycles. The second kappa shape index (κ2) is 12.1. The monoisotopic (exact) mass is 486 g/mol. The summed E-state index contributed by atoms with van der Waals surface area (Å²) in [7, 11) is 1.55. The van der Waals surface area contributed by atoms with Gasteiger partial charge in [0.2, 0.25) is 5.91 Å². The van der Waals surface area contributed by atoms with Crippen molar-refractivity contribution >= 4 is 35.3 Å². The highest BCUT2D eigenvalue weighted by Gasteiger charge is 2.08. The Balaban J connectivity index is 1.55. The van der Waals surface area contributed by atoms with Crippen LogP contribution in [0.1, 0.15) is 23.6 Å². The van der Waals surface area contributed by atoms with Gasteiger partial charge in [-0.1, -0.05) is 41.4 Å². The lowest BCUT2D eigenvalue weighted by Crippen LogP contribution is -2.19. The van der Waals surface area contributed by atoms with Crippen molar-refractivity contribution < 1.29 is 19.0 Å². The minimum absolute atomic E-state index is 0.215. The molecule has 3 aromatic rings. The van der Waals surface area contributed by atoms with Crippen LogP contribution < -0.4 is 19.6 Å². The van der Waals surface area contributed by atoms with Crippen LogP contribution >= 0.6 is 23.2 Å². The maximum absolute atomic E-state index is 12.1. The van der Waals surface area contributed by atoms with Crippen LogP contribution in [0.15, 0.2) is 65.8 Å². The fraction of sp³-hybridized carbons (Fsp3) is 0.200. The minimum Gasteiger partial charge on any atom is -0.494 e. The molecule has 8 heteroatoms. The number of rotatable bonds is 10. The van der Waals surface area contributed by atoms with Gasteiger partial charge in [-0.15, -0.1) is 0 Å². The third kappa shape index (κ3) is 7.41. The number of hydrogen-bond acceptors (Lipinski definition) is 5. The van der Waals surface area contributed by atoms with Gasteiger partial charge in [-0.05, 0) is 60.5 Å². The number of nitrogens with one attached hydrogen (secondary N) is 1. The van der Waals surface area contributed by atoms with E-state index in [9.17, 15) is 4.79 Å². The Labute approximate surface area is 203 Å². The van der Waals surface area contributed by atoms with Crippen molar-refractivity contribution in [3.8, 4) is 17.2 Å². The molecule has 0 spiro atoms. The van der Waals surface area contributed by atoms with E-state index in [1.807, 2.05) is 43.3 Å². The minimum atomic E-state index is -0.220. The molecule has 0 saturated carbocycles. The van der Waals surface area contributed by atoms with E-state index >= 15 is 0 Å². The zero-order chi connectivity index (χ0) is 23.6. The first-order valence-corrected chi connectivity index (χ1v) is 11.0. The number of methoxy groups -OCH3 is 1. The molecule has 0 aliphatic rings. The Morgan fingerprint density at radius 1 is 1.00 bits per heavy atom. The highest BCUT2D eigenvalue weighted by Crippen LogP contribution is 2.29. The van der Waals surface area contributed by atoms with Crippen molar-refractivity contribution in [1.29, 1.82) is 0 Å². The lowest BCUT2D eigenvalue weighted by molar-refractivity contribution is -0.120. The number of hydrogen-bond donors (Lipinski definition) is 1. The van der Waals surface area contributed by atoms with Gasteiger partial charge in [0.1, 0.15) is 12.4 Å². The number of amides is 1. The van der Waals surface area contributed by atoms with Crippen LogP contribution in [0.2, 0.25) is 10.0 Å². The molecule has 0 saturated heterocycles. The molecule has 3 aromatic carbocycles. The summed E-state index contributed by atoms with van der Waals surface area (Å²) in [5.41, 5.74) is 4.95. The van der Waals surface area contributed by atoms with Gasteiger partial charge in [0, 0.05) is 15.6 Å². The first-order chi connectivity index (χ1) is 16.0. The van der Waals surface area contributed by atoms with E-state index in [0.717, 1.165) is 22.4 Å². The largest absolute Gasteiger partial charge is 0.494 e. The van der Waals surface area contributed by atoms with Crippen LogP contribution in [-0.4, -0.2) is 25.8 Å². The summed E-state index contributed by atoms with van der Waals surface area (Å²) in [4.78, 5) is 12.1. The first kappa shape index (κ1) is 24.4. The fourth-order valence-corrected chi connectivity index (χ4v) is 3.41. The number of ether oxygens (including phenoxy) is 3. The summed E-state index contributed by atoms with van der Waals surface area (Å²) in [6, 6.07) is 18.0. The lowest BCUT2D eigenvalue weighted by atomic mass is 10.1. The van der Waals surface area contributed by atoms with Crippen LogP contribution in [0.25, 0.3) is 0 Å². The van der Waals surface area contributed by atoms with Crippen molar-refractivity contribution in [2.45, 2.75) is 20.0 Å². The number of carbonyl (C=O) groups is 1. The van der Waals surface area contributed by atoms with Crippen molar-refractivity contribution in [3.63, 3.8) is 0 Å². The van der Waals surface area contributed by atoms with Gasteiger partial charge in [0.15, 0.2) is 11.5 Å². The zero-order valence-electron chi connectivity index (χ0n) is 18.3. The maximum atomic E-state index is 12.1. The number of carbonyl (C=O) groups excluding carboxylic acids is 1. The van der Waals surface area contributed by atoms with Crippen LogP contribution in [0.5, 0.6) is 17.2 Å². The van der Waals surface area contributed by atoms with Gasteiger partial charge in [-0.2, -0.15) is 5.10 Å². The van der Waals surface area contributed by atoms with Crippen LogP contribution in [0.4, 0.5) is 0 Å². The summed E-state index contributed by atoms with van der Waals surface area (Å²) in [6.07, 6.45) is 1.76. The SMILES string of the molecule is CCOc1ccc(CC(=O)N/N=C/c2ccc(OCc3ccc(Cl)cc3Cl)c(OC)c2)cc1. The quantitative estimate of drug-likeness (QED) is 0.296. The normalized spacial score (nSPS) is 10.8. The number of benzene rings is 3. The van der Waals surface area contributed by atoms with Gasteiger partial charge in [-0.3, -0.25) is 4.79 Å². The molecule has 0 aromatic heterocycles. The molecule has 0 bridgehead atoms. The van der Waals surface area contributed by atoms with Gasteiger partial charge in [-0.25, -0.2) is 5.43 Å². The molecular formula is C25H24Cl2N2O4. The van der Waals surface area contributed by atoms with Gasteiger partial charge >= 0.3 is 0 Å². The smallest absolute Gasteiger partial charge is 0.244 e. The molecule has 3 rings (SSSR count).